The van der Waals surface area contributed by atoms with Gasteiger partial charge in [-0.25, -0.2) is 9.97 Å². The van der Waals surface area contributed by atoms with Crippen molar-refractivity contribution in [3.8, 4) is 23.1 Å². The van der Waals surface area contributed by atoms with Crippen LogP contribution in [0.15, 0.2) is 82.7 Å². The summed E-state index contributed by atoms with van der Waals surface area (Å²) in [5.41, 5.74) is 4.62. The maximum atomic E-state index is 12.6. The van der Waals surface area contributed by atoms with E-state index in [4.69, 9.17) is 9.72 Å². The summed E-state index contributed by atoms with van der Waals surface area (Å²) in [6.45, 7) is 0.593. The molecule has 0 unspecified atom stereocenters. The summed E-state index contributed by atoms with van der Waals surface area (Å²) in [4.78, 5) is 24.7. The molecule has 3 aromatic carbocycles. The highest BCUT2D eigenvalue weighted by molar-refractivity contribution is 7.98. The lowest BCUT2D eigenvalue weighted by atomic mass is 10.1. The lowest BCUT2D eigenvalue weighted by Gasteiger charge is -2.10. The third-order valence-electron chi connectivity index (χ3n) is 5.99. The number of aromatic nitrogens is 4. The van der Waals surface area contributed by atoms with E-state index in [9.17, 15) is 10.1 Å². The summed E-state index contributed by atoms with van der Waals surface area (Å²) in [5.74, 6) is 2.17. The fourth-order valence-electron chi connectivity index (χ4n) is 4.06. The van der Waals surface area contributed by atoms with Crippen molar-refractivity contribution in [2.75, 3.05) is 12.4 Å². The molecule has 0 aliphatic heterocycles. The zero-order chi connectivity index (χ0) is 25.8. The molecule has 9 heteroatoms. The van der Waals surface area contributed by atoms with E-state index < -0.39 is 5.56 Å². The first-order chi connectivity index (χ1) is 18.1. The molecule has 37 heavy (non-hydrogen) atoms. The van der Waals surface area contributed by atoms with E-state index in [0.717, 1.165) is 28.1 Å². The van der Waals surface area contributed by atoms with Gasteiger partial charge in [-0.2, -0.15) is 5.26 Å². The van der Waals surface area contributed by atoms with E-state index in [1.54, 1.807) is 31.4 Å². The van der Waals surface area contributed by atoms with Crippen LogP contribution >= 0.6 is 11.8 Å². The van der Waals surface area contributed by atoms with E-state index in [1.165, 1.54) is 11.8 Å². The van der Waals surface area contributed by atoms with Crippen LogP contribution in [0.1, 0.15) is 17.0 Å². The number of nitriles is 1. The molecule has 0 radical (unpaired) electrons. The zero-order valence-electron chi connectivity index (χ0n) is 20.4. The number of nitrogens with zero attached hydrogens (tertiary/aromatic N) is 4. The molecule has 0 saturated carbocycles. The molecule has 5 rings (SSSR count). The van der Waals surface area contributed by atoms with E-state index >= 15 is 0 Å². The summed E-state index contributed by atoms with van der Waals surface area (Å²) in [6, 6.07) is 25.3. The van der Waals surface area contributed by atoms with Crippen LogP contribution in [0.3, 0.4) is 0 Å². The number of hydrogen-bond donors (Lipinski definition) is 2. The smallest absolute Gasteiger partial charge is 0.270 e. The molecule has 0 fully saturated rings. The number of imidazole rings is 1. The average molecular weight is 509 g/mol. The Bertz CT molecular complexity index is 1680. The van der Waals surface area contributed by atoms with Gasteiger partial charge in [0.25, 0.3) is 5.56 Å². The van der Waals surface area contributed by atoms with Crippen molar-refractivity contribution in [1.82, 2.24) is 19.5 Å². The number of aryl methyl sites for hydroxylation is 1. The summed E-state index contributed by atoms with van der Waals surface area (Å²) >= 11 is 1.40. The molecule has 2 N–H and O–H groups in total. The van der Waals surface area contributed by atoms with Crippen LogP contribution < -0.4 is 15.6 Å². The number of methoxy groups -OCH3 is 1. The van der Waals surface area contributed by atoms with Crippen molar-refractivity contribution in [2.24, 2.45) is 7.05 Å². The largest absolute Gasteiger partial charge is 0.497 e. The maximum absolute atomic E-state index is 12.6. The first-order valence-corrected chi connectivity index (χ1v) is 12.6. The Morgan fingerprint density at radius 1 is 1.08 bits per heavy atom. The summed E-state index contributed by atoms with van der Waals surface area (Å²) < 4.78 is 7.38. The SMILES string of the molecule is COc1cccc(-c2nc(SCc3cccc(NCc4nc5ccccc5n4C)c3)[nH]c(=O)c2C#N)c1. The number of nitrogens with one attached hydrogen (secondary N) is 2. The van der Waals surface area contributed by atoms with Gasteiger partial charge in [-0.1, -0.05) is 48.2 Å². The molecule has 184 valence electrons. The first-order valence-electron chi connectivity index (χ1n) is 11.6. The van der Waals surface area contributed by atoms with Crippen molar-refractivity contribution >= 4 is 28.5 Å². The fraction of sp³-hybridized carbons (Fsp3) is 0.143. The lowest BCUT2D eigenvalue weighted by Crippen LogP contribution is -2.14. The van der Waals surface area contributed by atoms with Gasteiger partial charge in [-0.05, 0) is 42.0 Å². The second-order valence-electron chi connectivity index (χ2n) is 8.36. The highest BCUT2D eigenvalue weighted by Crippen LogP contribution is 2.27. The van der Waals surface area contributed by atoms with E-state index in [1.807, 2.05) is 49.5 Å². The van der Waals surface area contributed by atoms with Crippen LogP contribution in [0.5, 0.6) is 5.75 Å². The van der Waals surface area contributed by atoms with E-state index in [-0.39, 0.29) is 5.56 Å². The minimum Gasteiger partial charge on any atom is -0.497 e. The summed E-state index contributed by atoms with van der Waals surface area (Å²) in [6.07, 6.45) is 0. The second kappa shape index (κ2) is 10.6. The first kappa shape index (κ1) is 24.2. The number of hydrogen-bond acceptors (Lipinski definition) is 7. The lowest BCUT2D eigenvalue weighted by molar-refractivity contribution is 0.415. The molecule has 2 aromatic heterocycles. The predicted octanol–water partition coefficient (Wildman–Crippen LogP) is 5.11. The predicted molar refractivity (Wildman–Crippen MR) is 146 cm³/mol. The fourth-order valence-corrected chi connectivity index (χ4v) is 4.86. The van der Waals surface area contributed by atoms with Gasteiger partial charge < -0.3 is 19.6 Å². The van der Waals surface area contributed by atoms with Gasteiger partial charge in [0.2, 0.25) is 0 Å². The minimum atomic E-state index is -0.462. The van der Waals surface area contributed by atoms with E-state index in [2.05, 4.69) is 32.0 Å². The number of fused-ring (bicyclic) bond motifs is 1. The Kier molecular flexibility index (Phi) is 6.92. The Morgan fingerprint density at radius 2 is 1.92 bits per heavy atom. The Balaban J connectivity index is 1.31. The number of rotatable bonds is 8. The van der Waals surface area contributed by atoms with Crippen molar-refractivity contribution in [1.29, 1.82) is 5.26 Å². The van der Waals surface area contributed by atoms with Crippen LogP contribution in [0.4, 0.5) is 5.69 Å². The van der Waals surface area contributed by atoms with Gasteiger partial charge in [0.05, 0.1) is 30.4 Å². The molecule has 0 amide bonds. The van der Waals surface area contributed by atoms with Crippen molar-refractivity contribution < 1.29 is 4.74 Å². The molecule has 0 bridgehead atoms. The Hall–Kier alpha value is -4.55. The van der Waals surface area contributed by atoms with Gasteiger partial charge in [0, 0.05) is 24.1 Å². The molecule has 0 aliphatic rings. The highest BCUT2D eigenvalue weighted by atomic mass is 32.2. The normalized spacial score (nSPS) is 10.8. The summed E-state index contributed by atoms with van der Waals surface area (Å²) in [5, 5.41) is 13.4. The third-order valence-corrected chi connectivity index (χ3v) is 6.93. The molecule has 0 saturated heterocycles. The van der Waals surface area contributed by atoms with Gasteiger partial charge in [-0.3, -0.25) is 4.79 Å². The number of anilines is 1. The summed E-state index contributed by atoms with van der Waals surface area (Å²) in [7, 11) is 3.59. The average Bonchev–Trinajstić information content (AvgIpc) is 3.26. The van der Waals surface area contributed by atoms with Crippen LogP contribution in [-0.2, 0) is 19.3 Å². The molecule has 8 nitrogen and oxygen atoms in total. The number of thioether (sulfide) groups is 1. The number of para-hydroxylation sites is 2. The van der Waals surface area contributed by atoms with Gasteiger partial charge in [0.1, 0.15) is 23.2 Å². The molecular weight excluding hydrogens is 484 g/mol. The van der Waals surface area contributed by atoms with Gasteiger partial charge >= 0.3 is 0 Å². The molecule has 0 atom stereocenters. The Labute approximate surface area is 218 Å². The topological polar surface area (TPSA) is 109 Å². The molecule has 5 aromatic rings. The number of H-pyrrole nitrogens is 1. The number of benzene rings is 3. The van der Waals surface area contributed by atoms with Gasteiger partial charge in [0.15, 0.2) is 5.16 Å². The standard InChI is InChI=1S/C28H24N6O2S/c1-34-24-12-4-3-11-23(24)31-25(34)16-30-20-9-5-7-18(13-20)17-37-28-32-26(22(15-29)27(35)33-28)19-8-6-10-21(14-19)36-2/h3-14,30H,16-17H2,1-2H3,(H,32,33,35). The maximum Gasteiger partial charge on any atom is 0.270 e. The van der Waals surface area contributed by atoms with Crippen molar-refractivity contribution in [3.05, 3.63) is 100 Å². The quantitative estimate of drug-likeness (QED) is 0.221. The van der Waals surface area contributed by atoms with Crippen LogP contribution in [0, 0.1) is 11.3 Å². The van der Waals surface area contributed by atoms with Crippen LogP contribution in [0.2, 0.25) is 0 Å². The van der Waals surface area contributed by atoms with E-state index in [0.29, 0.717) is 34.5 Å². The number of aromatic amines is 1. The highest BCUT2D eigenvalue weighted by Gasteiger charge is 2.15. The molecule has 0 spiro atoms. The minimum absolute atomic E-state index is 0.0225. The third kappa shape index (κ3) is 5.20. The van der Waals surface area contributed by atoms with Crippen molar-refractivity contribution in [3.63, 3.8) is 0 Å². The monoisotopic (exact) mass is 508 g/mol. The zero-order valence-corrected chi connectivity index (χ0v) is 21.2. The molecular formula is C28H24N6O2S. The van der Waals surface area contributed by atoms with Crippen molar-refractivity contribution in [2.45, 2.75) is 17.5 Å². The molecule has 2 heterocycles. The Morgan fingerprint density at radius 3 is 2.73 bits per heavy atom. The van der Waals surface area contributed by atoms with Crippen LogP contribution in [-0.4, -0.2) is 26.6 Å². The molecule has 0 aliphatic carbocycles. The van der Waals surface area contributed by atoms with Gasteiger partial charge in [-0.15, -0.1) is 0 Å². The second-order valence-corrected chi connectivity index (χ2v) is 9.32. The van der Waals surface area contributed by atoms with Crippen LogP contribution in [0.25, 0.3) is 22.3 Å². The number of ether oxygens (including phenoxy) is 1.